The van der Waals surface area contributed by atoms with Crippen molar-refractivity contribution in [2.45, 2.75) is 39.3 Å². The van der Waals surface area contributed by atoms with Gasteiger partial charge in [-0.05, 0) is 49.6 Å². The molecule has 0 radical (unpaired) electrons. The molecule has 2 atom stereocenters. The van der Waals surface area contributed by atoms with Gasteiger partial charge in [-0.3, -0.25) is 4.79 Å². The quantitative estimate of drug-likeness (QED) is 0.800. The van der Waals surface area contributed by atoms with Gasteiger partial charge in [0.2, 0.25) is 0 Å². The molecule has 0 aliphatic carbocycles. The molecule has 3 amide bonds. The van der Waals surface area contributed by atoms with Gasteiger partial charge in [0.15, 0.2) is 0 Å². The first-order valence-corrected chi connectivity index (χ1v) is 10.1. The Bertz CT molecular complexity index is 854. The van der Waals surface area contributed by atoms with Crippen LogP contribution in [0.3, 0.4) is 0 Å². The summed E-state index contributed by atoms with van der Waals surface area (Å²) in [6, 6.07) is 15.2. The Morgan fingerprint density at radius 1 is 1.21 bits per heavy atom. The fourth-order valence-corrected chi connectivity index (χ4v) is 3.25. The van der Waals surface area contributed by atoms with E-state index < -0.39 is 0 Å². The van der Waals surface area contributed by atoms with Crippen molar-refractivity contribution in [3.8, 4) is 0 Å². The van der Waals surface area contributed by atoms with Crippen molar-refractivity contribution in [3.63, 3.8) is 0 Å². The number of nitrogens with one attached hydrogen (secondary N) is 2. The lowest BCUT2D eigenvalue weighted by atomic mass is 10.1. The summed E-state index contributed by atoms with van der Waals surface area (Å²) >= 11 is 0. The monoisotopic (exact) mass is 395 g/mol. The van der Waals surface area contributed by atoms with E-state index in [-0.39, 0.29) is 24.1 Å². The molecule has 1 aliphatic rings. The number of carbonyl (C=O) groups is 2. The zero-order valence-corrected chi connectivity index (χ0v) is 17.3. The largest absolute Gasteiger partial charge is 0.370 e. The third-order valence-corrected chi connectivity index (χ3v) is 5.25. The molecule has 29 heavy (non-hydrogen) atoms. The topological polar surface area (TPSA) is 70.7 Å². The molecule has 2 N–H and O–H groups in total. The third-order valence-electron chi connectivity index (χ3n) is 5.25. The summed E-state index contributed by atoms with van der Waals surface area (Å²) in [7, 11) is 0. The molecule has 2 aromatic carbocycles. The summed E-state index contributed by atoms with van der Waals surface area (Å²) < 4.78 is 5.84. The molecule has 1 heterocycles. The Morgan fingerprint density at radius 3 is 2.66 bits per heavy atom. The molecular formula is C23H29N3O3. The second-order valence-corrected chi connectivity index (χ2v) is 7.46. The minimum Gasteiger partial charge on any atom is -0.370 e. The molecule has 3 rings (SSSR count). The van der Waals surface area contributed by atoms with E-state index >= 15 is 0 Å². The fourth-order valence-electron chi connectivity index (χ4n) is 3.25. The highest BCUT2D eigenvalue weighted by Gasteiger charge is 2.25. The van der Waals surface area contributed by atoms with Crippen LogP contribution >= 0.6 is 0 Å². The molecule has 0 bridgehead atoms. The number of hydrogen-bond acceptors (Lipinski definition) is 3. The number of rotatable bonds is 5. The van der Waals surface area contributed by atoms with Gasteiger partial charge in [-0.25, -0.2) is 4.79 Å². The highest BCUT2D eigenvalue weighted by molar-refractivity contribution is 5.96. The Hall–Kier alpha value is -2.86. The molecular weight excluding hydrogens is 366 g/mol. The van der Waals surface area contributed by atoms with Gasteiger partial charge < -0.3 is 20.3 Å². The van der Waals surface area contributed by atoms with E-state index in [0.29, 0.717) is 30.9 Å². The van der Waals surface area contributed by atoms with Gasteiger partial charge in [0.25, 0.3) is 5.91 Å². The number of hydrogen-bond donors (Lipinski definition) is 2. The number of nitrogens with zero attached hydrogens (tertiary/aromatic N) is 1. The highest BCUT2D eigenvalue weighted by atomic mass is 16.5. The van der Waals surface area contributed by atoms with Gasteiger partial charge in [-0.2, -0.15) is 0 Å². The molecule has 2 unspecified atom stereocenters. The molecule has 154 valence electrons. The van der Waals surface area contributed by atoms with Crippen LogP contribution in [0.2, 0.25) is 0 Å². The Balaban J connectivity index is 1.63. The van der Waals surface area contributed by atoms with Crippen LogP contribution in [-0.4, -0.2) is 42.6 Å². The zero-order chi connectivity index (χ0) is 20.8. The van der Waals surface area contributed by atoms with Crippen LogP contribution in [-0.2, 0) is 4.74 Å². The second kappa shape index (κ2) is 9.56. The van der Waals surface area contributed by atoms with Gasteiger partial charge >= 0.3 is 6.03 Å². The normalized spacial score (nSPS) is 17.5. The molecule has 6 heteroatoms. The Morgan fingerprint density at radius 2 is 1.97 bits per heavy atom. The van der Waals surface area contributed by atoms with Crippen molar-refractivity contribution in [1.82, 2.24) is 10.2 Å². The lowest BCUT2D eigenvalue weighted by molar-refractivity contribution is -0.0135. The molecule has 1 fully saturated rings. The molecule has 0 saturated carbocycles. The van der Waals surface area contributed by atoms with E-state index in [1.54, 1.807) is 23.1 Å². The summed E-state index contributed by atoms with van der Waals surface area (Å²) in [5.41, 5.74) is 3.22. The summed E-state index contributed by atoms with van der Waals surface area (Å²) in [6.45, 7) is 7.45. The number of ether oxygens (including phenoxy) is 1. The first-order chi connectivity index (χ1) is 14.0. The van der Waals surface area contributed by atoms with Gasteiger partial charge in [-0.15, -0.1) is 0 Å². The smallest absolute Gasteiger partial charge is 0.322 e. The summed E-state index contributed by atoms with van der Waals surface area (Å²) in [5, 5.41) is 5.93. The van der Waals surface area contributed by atoms with E-state index in [2.05, 4.69) is 10.6 Å². The molecule has 1 saturated heterocycles. The maximum atomic E-state index is 12.8. The first-order valence-electron chi connectivity index (χ1n) is 10.1. The summed E-state index contributed by atoms with van der Waals surface area (Å²) in [6.07, 6.45) is 0.756. The van der Waals surface area contributed by atoms with Crippen molar-refractivity contribution in [3.05, 3.63) is 65.2 Å². The van der Waals surface area contributed by atoms with E-state index in [1.807, 2.05) is 51.1 Å². The van der Waals surface area contributed by atoms with Gasteiger partial charge in [0.05, 0.1) is 13.2 Å². The Kier molecular flexibility index (Phi) is 6.88. The molecule has 2 aromatic rings. The van der Waals surface area contributed by atoms with Crippen LogP contribution in [0.1, 0.15) is 47.9 Å². The average molecular weight is 396 g/mol. The Labute approximate surface area is 172 Å². The van der Waals surface area contributed by atoms with E-state index in [0.717, 1.165) is 17.5 Å². The number of amides is 3. The fraction of sp³-hybridized carbons (Fsp3) is 0.391. The van der Waals surface area contributed by atoms with Crippen molar-refractivity contribution in [2.75, 3.05) is 25.0 Å². The molecule has 0 spiro atoms. The molecule has 6 nitrogen and oxygen atoms in total. The summed E-state index contributed by atoms with van der Waals surface area (Å²) in [4.78, 5) is 26.8. The minimum atomic E-state index is -0.158. The van der Waals surface area contributed by atoms with Crippen molar-refractivity contribution >= 4 is 17.6 Å². The predicted molar refractivity (Wildman–Crippen MR) is 114 cm³/mol. The van der Waals surface area contributed by atoms with Crippen molar-refractivity contribution in [2.24, 2.45) is 0 Å². The maximum absolute atomic E-state index is 12.8. The van der Waals surface area contributed by atoms with E-state index in [4.69, 9.17) is 4.74 Å². The van der Waals surface area contributed by atoms with Gasteiger partial charge in [0.1, 0.15) is 6.10 Å². The first kappa shape index (κ1) is 20.9. The zero-order valence-electron chi connectivity index (χ0n) is 17.3. The van der Waals surface area contributed by atoms with E-state index in [9.17, 15) is 9.59 Å². The lowest BCUT2D eigenvalue weighted by Crippen LogP contribution is -2.44. The average Bonchev–Trinajstić information content (AvgIpc) is 2.75. The third kappa shape index (κ3) is 5.35. The minimum absolute atomic E-state index is 0.0980. The van der Waals surface area contributed by atoms with Crippen LogP contribution in [0.4, 0.5) is 10.5 Å². The second-order valence-electron chi connectivity index (χ2n) is 7.46. The van der Waals surface area contributed by atoms with Crippen molar-refractivity contribution in [1.29, 1.82) is 0 Å². The predicted octanol–water partition coefficient (Wildman–Crippen LogP) is 4.13. The van der Waals surface area contributed by atoms with Gasteiger partial charge in [-0.1, -0.05) is 37.3 Å². The summed E-state index contributed by atoms with van der Waals surface area (Å²) in [5.74, 6) is -0.0980. The standard InChI is InChI=1S/C23H29N3O3/c1-4-17(3)24-22(27)19-10-11-20(16(2)14-19)25-23(28)26-12-13-29-21(15-26)18-8-6-5-7-9-18/h5-11,14,17,21H,4,12-13,15H2,1-3H3,(H,24,27)(H,25,28). The highest BCUT2D eigenvalue weighted by Crippen LogP contribution is 2.23. The number of anilines is 1. The van der Waals surface area contributed by atoms with Gasteiger partial charge in [0, 0.05) is 23.8 Å². The van der Waals surface area contributed by atoms with Crippen LogP contribution in [0, 0.1) is 6.92 Å². The number of aryl methyl sites for hydroxylation is 1. The van der Waals surface area contributed by atoms with Crippen LogP contribution < -0.4 is 10.6 Å². The van der Waals surface area contributed by atoms with Crippen LogP contribution in [0.25, 0.3) is 0 Å². The number of benzene rings is 2. The van der Waals surface area contributed by atoms with E-state index in [1.165, 1.54) is 0 Å². The number of morpholine rings is 1. The maximum Gasteiger partial charge on any atom is 0.322 e. The molecule has 0 aromatic heterocycles. The van der Waals surface area contributed by atoms with Crippen molar-refractivity contribution < 1.29 is 14.3 Å². The molecule has 1 aliphatic heterocycles. The SMILES string of the molecule is CCC(C)NC(=O)c1ccc(NC(=O)N2CCOC(c3ccccc3)C2)c(C)c1. The van der Waals surface area contributed by atoms with Crippen LogP contribution in [0.15, 0.2) is 48.5 Å². The number of carbonyl (C=O) groups excluding carboxylic acids is 2. The van der Waals surface area contributed by atoms with Crippen LogP contribution in [0.5, 0.6) is 0 Å². The lowest BCUT2D eigenvalue weighted by Gasteiger charge is -2.33. The number of urea groups is 1.